The summed E-state index contributed by atoms with van der Waals surface area (Å²) >= 11 is 0. The lowest BCUT2D eigenvalue weighted by Gasteiger charge is -2.24. The smallest absolute Gasteiger partial charge is 0.315 e. The molecule has 140 valence electrons. The van der Waals surface area contributed by atoms with Gasteiger partial charge in [-0.1, -0.05) is 35.5 Å². The van der Waals surface area contributed by atoms with Crippen molar-refractivity contribution in [2.45, 2.75) is 45.3 Å². The van der Waals surface area contributed by atoms with Gasteiger partial charge in [0, 0.05) is 17.3 Å². The summed E-state index contributed by atoms with van der Waals surface area (Å²) in [5.41, 5.74) is 4.35. The molecule has 0 saturated carbocycles. The van der Waals surface area contributed by atoms with Crippen LogP contribution in [0.3, 0.4) is 0 Å². The molecule has 0 saturated heterocycles. The van der Waals surface area contributed by atoms with Crippen LogP contribution in [-0.4, -0.2) is 21.0 Å². The van der Waals surface area contributed by atoms with E-state index in [1.807, 2.05) is 42.1 Å². The van der Waals surface area contributed by atoms with Gasteiger partial charge in [-0.25, -0.2) is 4.79 Å². The maximum absolute atomic E-state index is 12.3. The summed E-state index contributed by atoms with van der Waals surface area (Å²) < 4.78 is 7.16. The molecule has 0 fully saturated rings. The molecule has 4 rings (SSSR count). The lowest BCUT2D eigenvalue weighted by Crippen LogP contribution is -2.38. The van der Waals surface area contributed by atoms with Gasteiger partial charge in [0.15, 0.2) is 5.76 Å². The van der Waals surface area contributed by atoms with Crippen molar-refractivity contribution in [2.24, 2.45) is 0 Å². The quantitative estimate of drug-likeness (QED) is 0.727. The van der Waals surface area contributed by atoms with Crippen molar-refractivity contribution in [1.29, 1.82) is 0 Å². The number of fused-ring (bicyclic) bond motifs is 1. The van der Waals surface area contributed by atoms with Gasteiger partial charge in [-0.05, 0) is 31.7 Å². The van der Waals surface area contributed by atoms with Crippen molar-refractivity contribution >= 4 is 6.03 Å². The number of rotatable bonds is 5. The fourth-order valence-corrected chi connectivity index (χ4v) is 3.54. The van der Waals surface area contributed by atoms with Crippen LogP contribution in [0.1, 0.15) is 47.2 Å². The molecular formula is C20H23N5O2. The molecule has 2 aromatic heterocycles. The van der Waals surface area contributed by atoms with Crippen LogP contribution in [0.4, 0.5) is 4.79 Å². The molecule has 0 radical (unpaired) electrons. The van der Waals surface area contributed by atoms with E-state index in [9.17, 15) is 4.79 Å². The van der Waals surface area contributed by atoms with Gasteiger partial charge in [0.1, 0.15) is 0 Å². The van der Waals surface area contributed by atoms with Crippen LogP contribution in [-0.2, 0) is 19.5 Å². The Kier molecular flexibility index (Phi) is 4.91. The lowest BCUT2D eigenvalue weighted by molar-refractivity contribution is 0.233. The monoisotopic (exact) mass is 365 g/mol. The number of benzene rings is 1. The van der Waals surface area contributed by atoms with Gasteiger partial charge < -0.3 is 15.2 Å². The van der Waals surface area contributed by atoms with E-state index in [1.54, 1.807) is 0 Å². The molecule has 0 aliphatic heterocycles. The number of carbonyl (C=O) groups excluding carboxylic acids is 1. The van der Waals surface area contributed by atoms with E-state index in [0.29, 0.717) is 12.3 Å². The largest absolute Gasteiger partial charge is 0.359 e. The average molecular weight is 365 g/mol. The fraction of sp³-hybridized carbons (Fsp3) is 0.350. The zero-order chi connectivity index (χ0) is 18.6. The summed E-state index contributed by atoms with van der Waals surface area (Å²) in [6, 6.07) is 11.9. The highest BCUT2D eigenvalue weighted by Gasteiger charge is 2.25. The summed E-state index contributed by atoms with van der Waals surface area (Å²) in [6.07, 6.45) is 4.82. The normalized spacial score (nSPS) is 16.0. The highest BCUT2D eigenvalue weighted by Crippen LogP contribution is 2.29. The summed E-state index contributed by atoms with van der Waals surface area (Å²) in [5, 5.41) is 14.3. The van der Waals surface area contributed by atoms with Crippen LogP contribution in [0.15, 0.2) is 47.1 Å². The first-order chi connectivity index (χ1) is 13.2. The molecule has 3 aromatic rings. The SMILES string of the molecule is Cc1cc(CNC(=O)NC2CCCc3c2cnn3Cc2ccccc2)on1. The number of nitrogens with one attached hydrogen (secondary N) is 2. The van der Waals surface area contributed by atoms with Crippen molar-refractivity contribution in [2.75, 3.05) is 0 Å². The maximum atomic E-state index is 12.3. The van der Waals surface area contributed by atoms with Crippen molar-refractivity contribution in [3.05, 3.63) is 70.9 Å². The second-order valence-corrected chi connectivity index (χ2v) is 6.90. The Labute approximate surface area is 157 Å². The number of nitrogens with zero attached hydrogens (tertiary/aromatic N) is 3. The summed E-state index contributed by atoms with van der Waals surface area (Å²) in [4.78, 5) is 12.3. The number of amides is 2. The van der Waals surface area contributed by atoms with E-state index in [2.05, 4.69) is 33.0 Å². The molecule has 0 spiro atoms. The standard InChI is InChI=1S/C20H23N5O2/c1-14-10-16(27-24-14)11-21-20(26)23-18-8-5-9-19-17(18)12-22-25(19)13-15-6-3-2-4-7-15/h2-4,6-7,10,12,18H,5,8-9,11,13H2,1H3,(H2,21,23,26). The maximum Gasteiger partial charge on any atom is 0.315 e. The number of carbonyl (C=O) groups is 1. The van der Waals surface area contributed by atoms with Gasteiger partial charge in [0.2, 0.25) is 0 Å². The van der Waals surface area contributed by atoms with Crippen molar-refractivity contribution in [3.63, 3.8) is 0 Å². The summed E-state index contributed by atoms with van der Waals surface area (Å²) in [5.74, 6) is 0.641. The predicted octanol–water partition coefficient (Wildman–Crippen LogP) is 3.10. The minimum atomic E-state index is -0.210. The molecule has 2 amide bonds. The molecular weight excluding hydrogens is 342 g/mol. The minimum absolute atomic E-state index is 0.0188. The first kappa shape index (κ1) is 17.3. The Bertz CT molecular complexity index is 916. The number of aromatic nitrogens is 3. The third kappa shape index (κ3) is 4.02. The van der Waals surface area contributed by atoms with Gasteiger partial charge in [0.05, 0.1) is 31.0 Å². The van der Waals surface area contributed by atoms with E-state index >= 15 is 0 Å². The van der Waals surface area contributed by atoms with Crippen molar-refractivity contribution < 1.29 is 9.32 Å². The van der Waals surface area contributed by atoms with Crippen LogP contribution in [0, 0.1) is 6.92 Å². The van der Waals surface area contributed by atoms with Crippen LogP contribution in [0.2, 0.25) is 0 Å². The van der Waals surface area contributed by atoms with Gasteiger partial charge in [-0.15, -0.1) is 0 Å². The average Bonchev–Trinajstić information content (AvgIpc) is 3.28. The van der Waals surface area contributed by atoms with Crippen LogP contribution in [0.5, 0.6) is 0 Å². The Morgan fingerprint density at radius 3 is 2.96 bits per heavy atom. The Morgan fingerprint density at radius 2 is 2.19 bits per heavy atom. The molecule has 2 N–H and O–H groups in total. The number of aryl methyl sites for hydroxylation is 1. The highest BCUT2D eigenvalue weighted by molar-refractivity contribution is 5.74. The minimum Gasteiger partial charge on any atom is -0.359 e. The second-order valence-electron chi connectivity index (χ2n) is 6.90. The second kappa shape index (κ2) is 7.65. The van der Waals surface area contributed by atoms with Crippen LogP contribution in [0.25, 0.3) is 0 Å². The van der Waals surface area contributed by atoms with E-state index in [-0.39, 0.29) is 12.1 Å². The molecule has 1 aliphatic rings. The third-order valence-corrected chi connectivity index (χ3v) is 4.84. The molecule has 1 aromatic carbocycles. The van der Waals surface area contributed by atoms with Gasteiger partial charge in [-0.2, -0.15) is 5.10 Å². The molecule has 1 atom stereocenters. The van der Waals surface area contributed by atoms with Gasteiger partial charge >= 0.3 is 6.03 Å². The first-order valence-electron chi connectivity index (χ1n) is 9.24. The van der Waals surface area contributed by atoms with E-state index in [1.165, 1.54) is 11.3 Å². The molecule has 7 heteroatoms. The Balaban J connectivity index is 1.40. The molecule has 1 unspecified atom stereocenters. The fourth-order valence-electron chi connectivity index (χ4n) is 3.54. The summed E-state index contributed by atoms with van der Waals surface area (Å²) in [6.45, 7) is 2.92. The molecule has 1 aliphatic carbocycles. The molecule has 7 nitrogen and oxygen atoms in total. The molecule has 27 heavy (non-hydrogen) atoms. The molecule has 0 bridgehead atoms. The zero-order valence-electron chi connectivity index (χ0n) is 15.3. The Morgan fingerprint density at radius 1 is 1.33 bits per heavy atom. The summed E-state index contributed by atoms with van der Waals surface area (Å²) in [7, 11) is 0. The first-order valence-corrected chi connectivity index (χ1v) is 9.24. The van der Waals surface area contributed by atoms with E-state index < -0.39 is 0 Å². The number of urea groups is 1. The number of hydrogen-bond donors (Lipinski definition) is 2. The van der Waals surface area contributed by atoms with Crippen LogP contribution >= 0.6 is 0 Å². The van der Waals surface area contributed by atoms with E-state index in [4.69, 9.17) is 4.52 Å². The van der Waals surface area contributed by atoms with Crippen molar-refractivity contribution in [1.82, 2.24) is 25.6 Å². The Hall–Kier alpha value is -3.09. The van der Waals surface area contributed by atoms with Gasteiger partial charge in [-0.3, -0.25) is 4.68 Å². The third-order valence-electron chi connectivity index (χ3n) is 4.84. The zero-order valence-corrected chi connectivity index (χ0v) is 15.3. The topological polar surface area (TPSA) is 85.0 Å². The van der Waals surface area contributed by atoms with E-state index in [0.717, 1.165) is 37.1 Å². The number of hydrogen-bond acceptors (Lipinski definition) is 4. The van der Waals surface area contributed by atoms with Crippen LogP contribution < -0.4 is 10.6 Å². The van der Waals surface area contributed by atoms with Gasteiger partial charge in [0.25, 0.3) is 0 Å². The lowest BCUT2D eigenvalue weighted by atomic mass is 9.93. The molecule has 2 heterocycles. The highest BCUT2D eigenvalue weighted by atomic mass is 16.5. The van der Waals surface area contributed by atoms with Crippen molar-refractivity contribution in [3.8, 4) is 0 Å². The predicted molar refractivity (Wildman–Crippen MR) is 100 cm³/mol.